The van der Waals surface area contributed by atoms with E-state index in [2.05, 4.69) is 0 Å². The molecule has 0 amide bonds. The van der Waals surface area contributed by atoms with Crippen molar-refractivity contribution in [2.24, 2.45) is 0 Å². The van der Waals surface area contributed by atoms with Crippen LogP contribution >= 0.6 is 0 Å². The van der Waals surface area contributed by atoms with Crippen LogP contribution in [0.1, 0.15) is 34.6 Å². The lowest BCUT2D eigenvalue weighted by molar-refractivity contribution is -0.254. The van der Waals surface area contributed by atoms with Crippen LogP contribution in [0, 0.1) is 0 Å². The molecule has 1 aromatic carbocycles. The lowest BCUT2D eigenvalue weighted by atomic mass is 10.1. The van der Waals surface area contributed by atoms with Gasteiger partial charge >= 0.3 is 0 Å². The minimum absolute atomic E-state index is 0.0632. The van der Waals surface area contributed by atoms with Crippen LogP contribution in [0.2, 0.25) is 0 Å². The van der Waals surface area contributed by atoms with Gasteiger partial charge in [-0.1, -0.05) is 0 Å². The first kappa shape index (κ1) is 12.2. The van der Waals surface area contributed by atoms with Crippen molar-refractivity contribution in [2.75, 3.05) is 18.0 Å². The molecule has 0 bridgehead atoms. The molecule has 1 rings (SSSR count). The average molecular weight is 220 g/mol. The number of carbonyl (C=O) groups excluding carboxylic acids is 2. The van der Waals surface area contributed by atoms with Crippen LogP contribution in [0.15, 0.2) is 18.2 Å². The van der Waals surface area contributed by atoms with Crippen molar-refractivity contribution >= 4 is 17.9 Å². The minimum atomic E-state index is -1.26. The molecule has 0 aliphatic carbocycles. The zero-order valence-corrected chi connectivity index (χ0v) is 9.40. The predicted octanol–water partition coefficient (Wildman–Crippen LogP) is 0.709. The fourth-order valence-electron chi connectivity index (χ4n) is 1.63. The quantitative estimate of drug-likeness (QED) is 0.686. The zero-order valence-electron chi connectivity index (χ0n) is 9.40. The van der Waals surface area contributed by atoms with E-state index in [9.17, 15) is 14.7 Å². The molecule has 0 spiro atoms. The van der Waals surface area contributed by atoms with E-state index in [0.717, 1.165) is 0 Å². The molecule has 4 heteroatoms. The number of carboxylic acids is 1. The van der Waals surface area contributed by atoms with Gasteiger partial charge in [0.05, 0.1) is 5.97 Å². The Labute approximate surface area is 94.5 Å². The molecule has 0 saturated carbocycles. The summed E-state index contributed by atoms with van der Waals surface area (Å²) in [6.45, 7) is 5.29. The van der Waals surface area contributed by atoms with Crippen LogP contribution in [-0.2, 0) is 0 Å². The van der Waals surface area contributed by atoms with Gasteiger partial charge in [-0.25, -0.2) is 0 Å². The Hall–Kier alpha value is -1.84. The number of aromatic carboxylic acids is 1. The molecule has 0 unspecified atom stereocenters. The molecular formula is C12H14NO3-. The molecule has 0 atom stereocenters. The topological polar surface area (TPSA) is 60.4 Å². The normalized spacial score (nSPS) is 9.88. The Balaban J connectivity index is 3.27. The molecule has 0 aliphatic rings. The lowest BCUT2D eigenvalue weighted by Crippen LogP contribution is -2.29. The summed E-state index contributed by atoms with van der Waals surface area (Å²) in [7, 11) is 0. The molecule has 0 aromatic heterocycles. The highest BCUT2D eigenvalue weighted by Gasteiger charge is 2.09. The Morgan fingerprint density at radius 2 is 2.00 bits per heavy atom. The van der Waals surface area contributed by atoms with Gasteiger partial charge in [0.2, 0.25) is 0 Å². The van der Waals surface area contributed by atoms with E-state index >= 15 is 0 Å². The highest BCUT2D eigenvalue weighted by atomic mass is 16.4. The van der Waals surface area contributed by atoms with Gasteiger partial charge in [0.1, 0.15) is 6.29 Å². The molecular weight excluding hydrogens is 206 g/mol. The van der Waals surface area contributed by atoms with Gasteiger partial charge in [0, 0.05) is 29.9 Å². The Kier molecular flexibility index (Phi) is 4.05. The first-order valence-electron chi connectivity index (χ1n) is 5.19. The van der Waals surface area contributed by atoms with Gasteiger partial charge < -0.3 is 14.8 Å². The van der Waals surface area contributed by atoms with Gasteiger partial charge in [0.15, 0.2) is 0 Å². The molecule has 4 nitrogen and oxygen atoms in total. The largest absolute Gasteiger partial charge is 0.545 e. The van der Waals surface area contributed by atoms with Crippen LogP contribution in [-0.4, -0.2) is 25.3 Å². The predicted molar refractivity (Wildman–Crippen MR) is 59.7 cm³/mol. The SMILES string of the molecule is CCN(CC)c1ccc(C=O)cc1C(=O)[O-]. The third-order valence-electron chi connectivity index (χ3n) is 2.48. The number of carboxylic acid groups (broad SMARTS) is 1. The second-order valence-corrected chi connectivity index (χ2v) is 3.35. The minimum Gasteiger partial charge on any atom is -0.545 e. The van der Waals surface area contributed by atoms with Crippen molar-refractivity contribution in [2.45, 2.75) is 13.8 Å². The molecule has 0 radical (unpaired) electrons. The number of anilines is 1. The molecule has 1 aromatic rings. The van der Waals surface area contributed by atoms with E-state index in [0.29, 0.717) is 30.6 Å². The van der Waals surface area contributed by atoms with Crippen LogP contribution in [0.4, 0.5) is 5.69 Å². The van der Waals surface area contributed by atoms with E-state index in [1.807, 2.05) is 18.7 Å². The summed E-state index contributed by atoms with van der Waals surface area (Å²) in [5.74, 6) is -1.26. The maximum atomic E-state index is 11.0. The summed E-state index contributed by atoms with van der Waals surface area (Å²) in [5.41, 5.74) is 0.999. The van der Waals surface area contributed by atoms with Crippen molar-refractivity contribution in [3.05, 3.63) is 29.3 Å². The highest BCUT2D eigenvalue weighted by Crippen LogP contribution is 2.20. The molecule has 0 fully saturated rings. The maximum absolute atomic E-state index is 11.0. The van der Waals surface area contributed by atoms with E-state index in [4.69, 9.17) is 0 Å². The van der Waals surface area contributed by atoms with Gasteiger partial charge in [0.25, 0.3) is 0 Å². The maximum Gasteiger partial charge on any atom is 0.150 e. The zero-order chi connectivity index (χ0) is 12.1. The van der Waals surface area contributed by atoms with Gasteiger partial charge in [-0.2, -0.15) is 0 Å². The summed E-state index contributed by atoms with van der Waals surface area (Å²) in [6, 6.07) is 4.59. The lowest BCUT2D eigenvalue weighted by Gasteiger charge is -2.24. The second-order valence-electron chi connectivity index (χ2n) is 3.35. The summed E-state index contributed by atoms with van der Waals surface area (Å²) < 4.78 is 0. The molecule has 16 heavy (non-hydrogen) atoms. The van der Waals surface area contributed by atoms with Gasteiger partial charge in [-0.3, -0.25) is 4.79 Å². The first-order chi connectivity index (χ1) is 7.63. The number of benzene rings is 1. The van der Waals surface area contributed by atoms with Crippen LogP contribution < -0.4 is 10.0 Å². The fraction of sp³-hybridized carbons (Fsp3) is 0.333. The monoisotopic (exact) mass is 220 g/mol. The highest BCUT2D eigenvalue weighted by molar-refractivity contribution is 5.95. The third kappa shape index (κ3) is 2.39. The second kappa shape index (κ2) is 5.30. The Bertz CT molecular complexity index is 397. The average Bonchev–Trinajstić information content (AvgIpc) is 2.30. The molecule has 0 saturated heterocycles. The number of hydrogen-bond acceptors (Lipinski definition) is 4. The molecule has 0 heterocycles. The number of nitrogens with zero attached hydrogens (tertiary/aromatic N) is 1. The van der Waals surface area contributed by atoms with Crippen molar-refractivity contribution < 1.29 is 14.7 Å². The number of carbonyl (C=O) groups is 2. The summed E-state index contributed by atoms with van der Waals surface area (Å²) in [4.78, 5) is 23.4. The summed E-state index contributed by atoms with van der Waals surface area (Å²) in [6.07, 6.45) is 0.623. The third-order valence-corrected chi connectivity index (χ3v) is 2.48. The Morgan fingerprint density at radius 3 is 2.44 bits per heavy atom. The fourth-order valence-corrected chi connectivity index (χ4v) is 1.63. The van der Waals surface area contributed by atoms with Crippen LogP contribution in [0.3, 0.4) is 0 Å². The number of rotatable bonds is 5. The smallest absolute Gasteiger partial charge is 0.150 e. The molecule has 0 aliphatic heterocycles. The van der Waals surface area contributed by atoms with Crippen molar-refractivity contribution in [1.82, 2.24) is 0 Å². The van der Waals surface area contributed by atoms with E-state index in [1.54, 1.807) is 12.1 Å². The number of aldehydes is 1. The van der Waals surface area contributed by atoms with Crippen LogP contribution in [0.25, 0.3) is 0 Å². The van der Waals surface area contributed by atoms with E-state index in [1.165, 1.54) is 6.07 Å². The molecule has 86 valence electrons. The van der Waals surface area contributed by atoms with Crippen LogP contribution in [0.5, 0.6) is 0 Å². The number of hydrogen-bond donors (Lipinski definition) is 0. The first-order valence-corrected chi connectivity index (χ1v) is 5.19. The summed E-state index contributed by atoms with van der Waals surface area (Å²) >= 11 is 0. The summed E-state index contributed by atoms with van der Waals surface area (Å²) in [5, 5.41) is 11.0. The standard InChI is InChI=1S/C12H15NO3/c1-3-13(4-2)11-6-5-9(8-14)7-10(11)12(15)16/h5-8H,3-4H2,1-2H3,(H,15,16)/p-1. The van der Waals surface area contributed by atoms with E-state index < -0.39 is 5.97 Å². The van der Waals surface area contributed by atoms with Gasteiger partial charge in [-0.15, -0.1) is 0 Å². The van der Waals surface area contributed by atoms with E-state index in [-0.39, 0.29) is 5.56 Å². The van der Waals surface area contributed by atoms with Crippen molar-refractivity contribution in [3.63, 3.8) is 0 Å². The van der Waals surface area contributed by atoms with Crippen molar-refractivity contribution in [3.8, 4) is 0 Å². The Morgan fingerprint density at radius 1 is 1.38 bits per heavy atom. The van der Waals surface area contributed by atoms with Crippen molar-refractivity contribution in [1.29, 1.82) is 0 Å². The van der Waals surface area contributed by atoms with Gasteiger partial charge in [-0.05, 0) is 32.0 Å². The molecule has 0 N–H and O–H groups in total.